The van der Waals surface area contributed by atoms with Gasteiger partial charge in [-0.05, 0) is 5.56 Å². The Bertz CT molecular complexity index is 651. The monoisotopic (exact) mass is 307 g/mol. The highest BCUT2D eigenvalue weighted by atomic mass is 35.5. The van der Waals surface area contributed by atoms with E-state index < -0.39 is 12.0 Å². The highest BCUT2D eigenvalue weighted by molar-refractivity contribution is 7.16. The van der Waals surface area contributed by atoms with E-state index in [9.17, 15) is 4.79 Å². The van der Waals surface area contributed by atoms with E-state index in [1.54, 1.807) is 12.1 Å². The number of anilines is 1. The molecule has 2 rings (SSSR count). The van der Waals surface area contributed by atoms with Crippen LogP contribution >= 0.6 is 22.9 Å². The van der Waals surface area contributed by atoms with E-state index >= 15 is 0 Å². The molecule has 0 aliphatic rings. The first-order chi connectivity index (χ1) is 9.65. The SMILES string of the molecule is COC(=O)C(Nc1nc(Cl)c(C#N)s1)c1ccccc1. The van der Waals surface area contributed by atoms with E-state index in [4.69, 9.17) is 21.6 Å². The third-order valence-electron chi connectivity index (χ3n) is 2.52. The van der Waals surface area contributed by atoms with Gasteiger partial charge in [-0.25, -0.2) is 9.78 Å². The number of nitriles is 1. The van der Waals surface area contributed by atoms with Gasteiger partial charge in [-0.3, -0.25) is 0 Å². The maximum Gasteiger partial charge on any atom is 0.333 e. The molecule has 0 saturated carbocycles. The van der Waals surface area contributed by atoms with Gasteiger partial charge in [0, 0.05) is 0 Å². The number of methoxy groups -OCH3 is 1. The number of ether oxygens (including phenoxy) is 1. The number of hydrogen-bond donors (Lipinski definition) is 1. The molecule has 0 fully saturated rings. The van der Waals surface area contributed by atoms with Gasteiger partial charge in [0.2, 0.25) is 0 Å². The number of thiazole rings is 1. The molecule has 1 N–H and O–H groups in total. The van der Waals surface area contributed by atoms with Gasteiger partial charge in [-0.2, -0.15) is 5.26 Å². The molecule has 1 heterocycles. The number of nitrogens with zero attached hydrogens (tertiary/aromatic N) is 2. The summed E-state index contributed by atoms with van der Waals surface area (Å²) in [5.41, 5.74) is 0.740. The molecule has 0 bridgehead atoms. The first kappa shape index (κ1) is 14.3. The van der Waals surface area contributed by atoms with Crippen LogP contribution in [0.1, 0.15) is 16.5 Å². The summed E-state index contributed by atoms with van der Waals surface area (Å²) >= 11 is 6.90. The van der Waals surface area contributed by atoms with Crippen LogP contribution in [0.25, 0.3) is 0 Å². The van der Waals surface area contributed by atoms with Crippen molar-refractivity contribution in [3.8, 4) is 6.07 Å². The standard InChI is InChI=1S/C13H10ClN3O2S/c1-19-12(18)10(8-5-3-2-4-6-8)16-13-17-11(14)9(7-15)20-13/h2-6,10H,1H3,(H,16,17). The Morgan fingerprint density at radius 3 is 2.75 bits per heavy atom. The van der Waals surface area contributed by atoms with Crippen molar-refractivity contribution in [1.29, 1.82) is 5.26 Å². The van der Waals surface area contributed by atoms with Gasteiger partial charge in [0.15, 0.2) is 16.3 Å². The average molecular weight is 308 g/mol. The van der Waals surface area contributed by atoms with Crippen LogP contribution in [0.4, 0.5) is 5.13 Å². The number of carbonyl (C=O) groups is 1. The maximum atomic E-state index is 11.9. The average Bonchev–Trinajstić information content (AvgIpc) is 2.85. The van der Waals surface area contributed by atoms with Gasteiger partial charge < -0.3 is 10.1 Å². The Kier molecular flexibility index (Phi) is 4.56. The quantitative estimate of drug-likeness (QED) is 0.879. The first-order valence-electron chi connectivity index (χ1n) is 5.61. The molecule has 0 spiro atoms. The highest BCUT2D eigenvalue weighted by Gasteiger charge is 2.23. The summed E-state index contributed by atoms with van der Waals surface area (Å²) in [6.45, 7) is 0. The highest BCUT2D eigenvalue weighted by Crippen LogP contribution is 2.29. The van der Waals surface area contributed by atoms with Crippen LogP contribution in [0.2, 0.25) is 5.15 Å². The molecule has 0 saturated heterocycles. The van der Waals surface area contributed by atoms with Crippen molar-refractivity contribution in [3.63, 3.8) is 0 Å². The molecule has 2 aromatic rings. The second kappa shape index (κ2) is 6.37. The number of hydrogen-bond acceptors (Lipinski definition) is 6. The molecule has 0 amide bonds. The Balaban J connectivity index is 2.29. The molecule has 1 unspecified atom stereocenters. The summed E-state index contributed by atoms with van der Waals surface area (Å²) in [5, 5.41) is 12.3. The van der Waals surface area contributed by atoms with Gasteiger partial charge in [0.25, 0.3) is 0 Å². The molecule has 5 nitrogen and oxygen atoms in total. The molecule has 102 valence electrons. The summed E-state index contributed by atoms with van der Waals surface area (Å²) in [6, 6.07) is 10.3. The topological polar surface area (TPSA) is 75.0 Å². The minimum atomic E-state index is -0.699. The van der Waals surface area contributed by atoms with Crippen molar-refractivity contribution in [1.82, 2.24) is 4.98 Å². The minimum absolute atomic E-state index is 0.122. The lowest BCUT2D eigenvalue weighted by Gasteiger charge is -2.15. The Labute approximate surface area is 124 Å². The molecule has 7 heteroatoms. The zero-order valence-corrected chi connectivity index (χ0v) is 12.0. The van der Waals surface area contributed by atoms with E-state index in [-0.39, 0.29) is 5.15 Å². The fourth-order valence-corrected chi connectivity index (χ4v) is 2.57. The summed E-state index contributed by atoms with van der Waals surface area (Å²) < 4.78 is 4.78. The van der Waals surface area contributed by atoms with Crippen LogP contribution in [0, 0.1) is 11.3 Å². The minimum Gasteiger partial charge on any atom is -0.467 e. The van der Waals surface area contributed by atoms with Crippen molar-refractivity contribution in [2.75, 3.05) is 12.4 Å². The lowest BCUT2D eigenvalue weighted by atomic mass is 10.1. The summed E-state index contributed by atoms with van der Waals surface area (Å²) in [5.74, 6) is -0.443. The molecule has 0 aliphatic carbocycles. The zero-order valence-electron chi connectivity index (χ0n) is 10.5. The number of carbonyl (C=O) groups excluding carboxylic acids is 1. The molecular formula is C13H10ClN3O2S. The lowest BCUT2D eigenvalue weighted by molar-refractivity contribution is -0.141. The summed E-state index contributed by atoms with van der Waals surface area (Å²) in [7, 11) is 1.31. The van der Waals surface area contributed by atoms with E-state index in [2.05, 4.69) is 10.3 Å². The Morgan fingerprint density at radius 1 is 1.50 bits per heavy atom. The maximum absolute atomic E-state index is 11.9. The molecular weight excluding hydrogens is 298 g/mol. The number of rotatable bonds is 4. The van der Waals surface area contributed by atoms with Crippen molar-refractivity contribution >= 4 is 34.0 Å². The van der Waals surface area contributed by atoms with Crippen molar-refractivity contribution < 1.29 is 9.53 Å². The number of nitrogens with one attached hydrogen (secondary N) is 1. The molecule has 20 heavy (non-hydrogen) atoms. The summed E-state index contributed by atoms with van der Waals surface area (Å²) in [6.07, 6.45) is 0. The van der Waals surface area contributed by atoms with Gasteiger partial charge in [0.05, 0.1) is 7.11 Å². The number of halogens is 1. The third kappa shape index (κ3) is 3.07. The Morgan fingerprint density at radius 2 is 2.20 bits per heavy atom. The van der Waals surface area contributed by atoms with Gasteiger partial charge in [-0.1, -0.05) is 53.3 Å². The van der Waals surface area contributed by atoms with Gasteiger partial charge >= 0.3 is 5.97 Å². The predicted octanol–water partition coefficient (Wildman–Crippen LogP) is 2.99. The number of esters is 1. The largest absolute Gasteiger partial charge is 0.467 e. The molecule has 1 aromatic carbocycles. The lowest BCUT2D eigenvalue weighted by Crippen LogP contribution is -2.22. The molecule has 0 radical (unpaired) electrons. The molecule has 1 aromatic heterocycles. The molecule has 1 atom stereocenters. The van der Waals surface area contributed by atoms with Crippen molar-refractivity contribution in [2.45, 2.75) is 6.04 Å². The smallest absolute Gasteiger partial charge is 0.333 e. The second-order valence-corrected chi connectivity index (χ2v) is 5.12. The van der Waals surface area contributed by atoms with E-state index in [1.807, 2.05) is 24.3 Å². The number of benzene rings is 1. The van der Waals surface area contributed by atoms with Crippen molar-refractivity contribution in [2.24, 2.45) is 0 Å². The fourth-order valence-electron chi connectivity index (χ4n) is 1.60. The zero-order chi connectivity index (χ0) is 14.5. The van der Waals surface area contributed by atoms with Crippen LogP contribution in [0.15, 0.2) is 30.3 Å². The Hall–Kier alpha value is -2.10. The van der Waals surface area contributed by atoms with Crippen LogP contribution in [-0.4, -0.2) is 18.1 Å². The number of aromatic nitrogens is 1. The second-order valence-electron chi connectivity index (χ2n) is 3.76. The summed E-state index contributed by atoms with van der Waals surface area (Å²) in [4.78, 5) is 16.2. The van der Waals surface area contributed by atoms with Crippen LogP contribution < -0.4 is 5.32 Å². The van der Waals surface area contributed by atoms with E-state index in [0.717, 1.165) is 16.9 Å². The predicted molar refractivity (Wildman–Crippen MR) is 76.7 cm³/mol. The van der Waals surface area contributed by atoms with Crippen LogP contribution in [0.5, 0.6) is 0 Å². The fraction of sp³-hybridized carbons (Fsp3) is 0.154. The van der Waals surface area contributed by atoms with Crippen LogP contribution in [0.3, 0.4) is 0 Å². The van der Waals surface area contributed by atoms with E-state index in [0.29, 0.717) is 10.0 Å². The van der Waals surface area contributed by atoms with Crippen LogP contribution in [-0.2, 0) is 9.53 Å². The van der Waals surface area contributed by atoms with Gasteiger partial charge in [-0.15, -0.1) is 0 Å². The first-order valence-corrected chi connectivity index (χ1v) is 6.81. The van der Waals surface area contributed by atoms with Crippen molar-refractivity contribution in [3.05, 3.63) is 45.9 Å². The van der Waals surface area contributed by atoms with Gasteiger partial charge in [0.1, 0.15) is 10.9 Å². The third-order valence-corrected chi connectivity index (χ3v) is 3.80. The van der Waals surface area contributed by atoms with E-state index in [1.165, 1.54) is 7.11 Å². The molecule has 0 aliphatic heterocycles. The normalized spacial score (nSPS) is 11.4.